The first-order chi connectivity index (χ1) is 7.67. The highest BCUT2D eigenvalue weighted by Gasteiger charge is 2.14. The lowest BCUT2D eigenvalue weighted by atomic mass is 10.0. The molecule has 16 heavy (non-hydrogen) atoms. The van der Waals surface area contributed by atoms with Gasteiger partial charge in [0.25, 0.3) is 0 Å². The van der Waals surface area contributed by atoms with Crippen LogP contribution in [0.5, 0.6) is 5.88 Å². The molecule has 1 rings (SSSR count). The molecule has 0 radical (unpaired) electrons. The third-order valence-corrected chi connectivity index (χ3v) is 2.56. The summed E-state index contributed by atoms with van der Waals surface area (Å²) >= 11 is 0. The lowest BCUT2D eigenvalue weighted by molar-refractivity contribution is 0.381. The van der Waals surface area contributed by atoms with E-state index in [1.165, 1.54) is 0 Å². The molecule has 90 valence electrons. The summed E-state index contributed by atoms with van der Waals surface area (Å²) in [5.74, 6) is 2.03. The monoisotopic (exact) mass is 223 g/mol. The maximum atomic E-state index is 5.09. The minimum atomic E-state index is 0.414. The van der Waals surface area contributed by atoms with E-state index in [1.807, 2.05) is 0 Å². The highest BCUT2D eigenvalue weighted by atomic mass is 16.5. The van der Waals surface area contributed by atoms with Crippen molar-refractivity contribution in [3.05, 3.63) is 18.1 Å². The molecular weight excluding hydrogens is 202 g/mol. The summed E-state index contributed by atoms with van der Waals surface area (Å²) in [5, 5.41) is 3.45. The molecule has 1 N–H and O–H groups in total. The van der Waals surface area contributed by atoms with Crippen LogP contribution < -0.4 is 10.1 Å². The molecule has 4 heteroatoms. The van der Waals surface area contributed by atoms with E-state index in [1.54, 1.807) is 19.4 Å². The average Bonchev–Trinajstić information content (AvgIpc) is 2.28. The topological polar surface area (TPSA) is 47.0 Å². The molecule has 0 aliphatic rings. The average molecular weight is 223 g/mol. The summed E-state index contributed by atoms with van der Waals surface area (Å²) < 4.78 is 5.09. The van der Waals surface area contributed by atoms with E-state index < -0.39 is 0 Å². The summed E-state index contributed by atoms with van der Waals surface area (Å²) in [6, 6.07) is 2.18. The van der Waals surface area contributed by atoms with E-state index in [4.69, 9.17) is 4.74 Å². The molecule has 1 unspecified atom stereocenters. The van der Waals surface area contributed by atoms with Crippen molar-refractivity contribution in [1.82, 2.24) is 15.3 Å². The Morgan fingerprint density at radius 3 is 2.75 bits per heavy atom. The number of ether oxygens (including phenoxy) is 1. The van der Waals surface area contributed by atoms with Crippen LogP contribution in [-0.4, -0.2) is 29.7 Å². The summed E-state index contributed by atoms with van der Waals surface area (Å²) in [4.78, 5) is 8.58. The van der Waals surface area contributed by atoms with Crippen LogP contribution in [-0.2, 0) is 6.42 Å². The molecule has 1 heterocycles. The quantitative estimate of drug-likeness (QED) is 0.796. The zero-order chi connectivity index (χ0) is 12.0. The van der Waals surface area contributed by atoms with Crippen LogP contribution in [0, 0.1) is 5.92 Å². The van der Waals surface area contributed by atoms with Crippen molar-refractivity contribution < 1.29 is 4.74 Å². The van der Waals surface area contributed by atoms with Crippen molar-refractivity contribution >= 4 is 0 Å². The Morgan fingerprint density at radius 2 is 2.19 bits per heavy atom. The highest BCUT2D eigenvalue weighted by Crippen LogP contribution is 2.10. The molecule has 0 saturated carbocycles. The van der Waals surface area contributed by atoms with E-state index in [-0.39, 0.29) is 0 Å². The van der Waals surface area contributed by atoms with Gasteiger partial charge >= 0.3 is 0 Å². The smallest absolute Gasteiger partial charge is 0.216 e. The molecule has 0 fully saturated rings. The number of hydrogen-bond donors (Lipinski definition) is 1. The van der Waals surface area contributed by atoms with Crippen LogP contribution in [0.4, 0.5) is 0 Å². The third-order valence-electron chi connectivity index (χ3n) is 2.56. The summed E-state index contributed by atoms with van der Waals surface area (Å²) in [6.45, 7) is 7.48. The fraction of sp³-hybridized carbons (Fsp3) is 0.667. The molecule has 4 nitrogen and oxygen atoms in total. The Hall–Kier alpha value is -1.16. The van der Waals surface area contributed by atoms with Gasteiger partial charge in [-0.1, -0.05) is 20.8 Å². The Labute approximate surface area is 97.5 Å². The molecule has 1 aromatic rings. The first kappa shape index (κ1) is 12.9. The Morgan fingerprint density at radius 1 is 1.44 bits per heavy atom. The van der Waals surface area contributed by atoms with Gasteiger partial charge in [-0.15, -0.1) is 0 Å². The van der Waals surface area contributed by atoms with Crippen LogP contribution in [0.2, 0.25) is 0 Å². The van der Waals surface area contributed by atoms with Crippen LogP contribution in [0.15, 0.2) is 12.3 Å². The van der Waals surface area contributed by atoms with E-state index >= 15 is 0 Å². The number of likely N-dealkylation sites (N-methyl/N-ethyl adjacent to an activating group) is 1. The van der Waals surface area contributed by atoms with Crippen molar-refractivity contribution in [2.75, 3.05) is 13.7 Å². The van der Waals surface area contributed by atoms with Crippen molar-refractivity contribution in [2.24, 2.45) is 5.92 Å². The second kappa shape index (κ2) is 6.43. The van der Waals surface area contributed by atoms with Gasteiger partial charge in [0.1, 0.15) is 5.82 Å². The molecule has 0 aliphatic carbocycles. The summed E-state index contributed by atoms with van der Waals surface area (Å²) in [6.07, 6.45) is 2.58. The third kappa shape index (κ3) is 3.77. The van der Waals surface area contributed by atoms with Gasteiger partial charge in [-0.3, -0.25) is 0 Å². The van der Waals surface area contributed by atoms with Gasteiger partial charge in [-0.2, -0.15) is 4.98 Å². The number of aromatic nitrogens is 2. The molecule has 0 aliphatic heterocycles. The first-order valence-electron chi connectivity index (χ1n) is 5.76. The Bertz CT molecular complexity index is 315. The normalized spacial score (nSPS) is 12.8. The van der Waals surface area contributed by atoms with E-state index in [2.05, 4.69) is 36.1 Å². The zero-order valence-electron chi connectivity index (χ0n) is 10.5. The van der Waals surface area contributed by atoms with Crippen molar-refractivity contribution in [1.29, 1.82) is 0 Å². The number of methoxy groups -OCH3 is 1. The van der Waals surface area contributed by atoms with Crippen LogP contribution in [0.3, 0.4) is 0 Å². The second-order valence-electron chi connectivity index (χ2n) is 4.13. The van der Waals surface area contributed by atoms with Crippen molar-refractivity contribution in [2.45, 2.75) is 33.2 Å². The molecule has 0 saturated heterocycles. The maximum absolute atomic E-state index is 5.09. The maximum Gasteiger partial charge on any atom is 0.216 e. The molecule has 1 aromatic heterocycles. The molecule has 0 aromatic carbocycles. The van der Waals surface area contributed by atoms with Gasteiger partial charge < -0.3 is 10.1 Å². The molecule has 1 atom stereocenters. The lowest BCUT2D eigenvalue weighted by Crippen LogP contribution is -2.36. The van der Waals surface area contributed by atoms with E-state index in [9.17, 15) is 0 Å². The molecular formula is C12H21N3O. The van der Waals surface area contributed by atoms with E-state index in [0.29, 0.717) is 17.8 Å². The van der Waals surface area contributed by atoms with Crippen LogP contribution in [0.1, 0.15) is 26.6 Å². The van der Waals surface area contributed by atoms with Crippen LogP contribution >= 0.6 is 0 Å². The van der Waals surface area contributed by atoms with Gasteiger partial charge in [0, 0.05) is 24.7 Å². The Kier molecular flexibility index (Phi) is 5.19. The minimum Gasteiger partial charge on any atom is -0.481 e. The number of nitrogens with zero attached hydrogens (tertiary/aromatic N) is 2. The zero-order valence-corrected chi connectivity index (χ0v) is 10.5. The fourth-order valence-electron chi connectivity index (χ4n) is 1.59. The number of nitrogens with one attached hydrogen (secondary N) is 1. The molecule has 0 amide bonds. The fourth-order valence-corrected chi connectivity index (χ4v) is 1.59. The number of hydrogen-bond acceptors (Lipinski definition) is 4. The SMILES string of the molecule is CCNC(Cc1nccc(OC)n1)C(C)C. The molecule has 0 bridgehead atoms. The van der Waals surface area contributed by atoms with Gasteiger partial charge in [0.05, 0.1) is 7.11 Å². The van der Waals surface area contributed by atoms with E-state index in [0.717, 1.165) is 18.8 Å². The van der Waals surface area contributed by atoms with Gasteiger partial charge in [0.2, 0.25) is 5.88 Å². The largest absolute Gasteiger partial charge is 0.481 e. The number of rotatable bonds is 6. The van der Waals surface area contributed by atoms with Gasteiger partial charge in [-0.05, 0) is 12.5 Å². The Balaban J connectivity index is 2.68. The van der Waals surface area contributed by atoms with Gasteiger partial charge in [-0.25, -0.2) is 4.98 Å². The minimum absolute atomic E-state index is 0.414. The predicted molar refractivity (Wildman–Crippen MR) is 64.6 cm³/mol. The second-order valence-corrected chi connectivity index (χ2v) is 4.13. The van der Waals surface area contributed by atoms with Crippen molar-refractivity contribution in [3.63, 3.8) is 0 Å². The standard InChI is InChI=1S/C12H21N3O/c1-5-13-10(9(2)3)8-11-14-7-6-12(15-11)16-4/h6-7,9-10,13H,5,8H2,1-4H3. The predicted octanol–water partition coefficient (Wildman–Crippen LogP) is 1.66. The van der Waals surface area contributed by atoms with Crippen molar-refractivity contribution in [3.8, 4) is 5.88 Å². The summed E-state index contributed by atoms with van der Waals surface area (Å²) in [7, 11) is 1.62. The highest BCUT2D eigenvalue weighted by molar-refractivity contribution is 5.08. The summed E-state index contributed by atoms with van der Waals surface area (Å²) in [5.41, 5.74) is 0. The lowest BCUT2D eigenvalue weighted by Gasteiger charge is -2.20. The first-order valence-corrected chi connectivity index (χ1v) is 5.76. The van der Waals surface area contributed by atoms with Crippen LogP contribution in [0.25, 0.3) is 0 Å². The van der Waals surface area contributed by atoms with Gasteiger partial charge in [0.15, 0.2) is 0 Å². The molecule has 0 spiro atoms.